The number of carbonyl (C=O) groups is 1. The number of anilines is 1. The highest BCUT2D eigenvalue weighted by atomic mass is 35.5. The molecule has 1 amide bonds. The maximum atomic E-state index is 13.3. The Kier molecular flexibility index (Phi) is 3.71. The number of hydrogen-bond acceptors (Lipinski definition) is 2. The molecule has 1 aromatic heterocycles. The van der Waals surface area contributed by atoms with Crippen LogP contribution < -0.4 is 5.32 Å². The van der Waals surface area contributed by atoms with Crippen LogP contribution in [0.15, 0.2) is 30.3 Å². The smallest absolute Gasteiger partial charge is 0.274 e. The molecule has 0 atom stereocenters. The molecule has 1 N–H and O–H groups in total. The molecule has 1 heterocycles. The van der Waals surface area contributed by atoms with Gasteiger partial charge in [-0.3, -0.25) is 4.79 Å². The average molecular weight is 287 g/mol. The molecular formula is C12H6ClF3N2O. The van der Waals surface area contributed by atoms with Crippen LogP contribution in [0.3, 0.4) is 0 Å². The predicted octanol–water partition coefficient (Wildman–Crippen LogP) is 3.40. The standard InChI is InChI=1S/C12H6ClF3N2O/c13-11-3-1-2-9(17-11)12(19)18-10-5-7(15)6(14)4-8(10)16/h1-5H,(H,18,19). The normalized spacial score (nSPS) is 10.3. The SMILES string of the molecule is O=C(Nc1cc(F)c(F)cc1F)c1cccc(Cl)n1. The Bertz CT molecular complexity index is 649. The molecule has 0 radical (unpaired) electrons. The Morgan fingerprint density at radius 2 is 1.79 bits per heavy atom. The zero-order chi connectivity index (χ0) is 14.0. The van der Waals surface area contributed by atoms with Crippen molar-refractivity contribution >= 4 is 23.2 Å². The number of nitrogens with zero attached hydrogens (tertiary/aromatic N) is 1. The molecule has 0 fully saturated rings. The highest BCUT2D eigenvalue weighted by molar-refractivity contribution is 6.29. The fourth-order valence-corrected chi connectivity index (χ4v) is 1.50. The Labute approximate surface area is 111 Å². The van der Waals surface area contributed by atoms with E-state index in [2.05, 4.69) is 10.3 Å². The van der Waals surface area contributed by atoms with E-state index in [0.29, 0.717) is 12.1 Å². The summed E-state index contributed by atoms with van der Waals surface area (Å²) < 4.78 is 39.0. The number of halogens is 4. The van der Waals surface area contributed by atoms with Crippen molar-refractivity contribution < 1.29 is 18.0 Å². The first-order valence-corrected chi connectivity index (χ1v) is 5.43. The van der Waals surface area contributed by atoms with Crippen LogP contribution in [0.4, 0.5) is 18.9 Å². The fourth-order valence-electron chi connectivity index (χ4n) is 1.34. The number of aromatic nitrogens is 1. The molecule has 0 aliphatic carbocycles. The van der Waals surface area contributed by atoms with E-state index in [1.165, 1.54) is 18.2 Å². The lowest BCUT2D eigenvalue weighted by molar-refractivity contribution is 0.102. The summed E-state index contributed by atoms with van der Waals surface area (Å²) in [6.07, 6.45) is 0. The molecule has 1 aromatic carbocycles. The van der Waals surface area contributed by atoms with Crippen molar-refractivity contribution in [1.82, 2.24) is 4.98 Å². The van der Waals surface area contributed by atoms with Gasteiger partial charge in [0, 0.05) is 12.1 Å². The van der Waals surface area contributed by atoms with Crippen molar-refractivity contribution in [2.45, 2.75) is 0 Å². The summed E-state index contributed by atoms with van der Waals surface area (Å²) in [4.78, 5) is 15.4. The van der Waals surface area contributed by atoms with Gasteiger partial charge in [-0.25, -0.2) is 18.2 Å². The van der Waals surface area contributed by atoms with Crippen LogP contribution in [0.2, 0.25) is 5.15 Å². The first kappa shape index (κ1) is 13.4. The van der Waals surface area contributed by atoms with Crippen LogP contribution in [0, 0.1) is 17.5 Å². The van der Waals surface area contributed by atoms with E-state index < -0.39 is 29.0 Å². The lowest BCUT2D eigenvalue weighted by atomic mass is 10.2. The molecule has 3 nitrogen and oxygen atoms in total. The third-order valence-electron chi connectivity index (χ3n) is 2.21. The van der Waals surface area contributed by atoms with Gasteiger partial charge in [0.15, 0.2) is 11.6 Å². The van der Waals surface area contributed by atoms with Crippen molar-refractivity contribution in [3.05, 3.63) is 58.6 Å². The van der Waals surface area contributed by atoms with E-state index in [-0.39, 0.29) is 10.8 Å². The Morgan fingerprint density at radius 3 is 2.47 bits per heavy atom. The molecule has 98 valence electrons. The number of carbonyl (C=O) groups excluding carboxylic acids is 1. The second-order valence-electron chi connectivity index (χ2n) is 3.55. The van der Waals surface area contributed by atoms with Gasteiger partial charge in [-0.15, -0.1) is 0 Å². The average Bonchev–Trinajstić information content (AvgIpc) is 2.36. The molecule has 0 bridgehead atoms. The summed E-state index contributed by atoms with van der Waals surface area (Å²) in [7, 11) is 0. The van der Waals surface area contributed by atoms with Crippen LogP contribution in [0.25, 0.3) is 0 Å². The molecule has 0 aliphatic rings. The van der Waals surface area contributed by atoms with Crippen molar-refractivity contribution in [2.24, 2.45) is 0 Å². The van der Waals surface area contributed by atoms with Gasteiger partial charge in [-0.2, -0.15) is 0 Å². The van der Waals surface area contributed by atoms with Gasteiger partial charge in [0.1, 0.15) is 16.7 Å². The van der Waals surface area contributed by atoms with E-state index in [1.807, 2.05) is 0 Å². The second kappa shape index (κ2) is 5.27. The Morgan fingerprint density at radius 1 is 1.11 bits per heavy atom. The molecule has 0 saturated carbocycles. The number of hydrogen-bond donors (Lipinski definition) is 1. The van der Waals surface area contributed by atoms with Crippen LogP contribution in [-0.4, -0.2) is 10.9 Å². The van der Waals surface area contributed by atoms with Gasteiger partial charge in [0.05, 0.1) is 5.69 Å². The molecule has 7 heteroatoms. The molecule has 0 spiro atoms. The second-order valence-corrected chi connectivity index (χ2v) is 3.93. The van der Waals surface area contributed by atoms with Gasteiger partial charge in [-0.1, -0.05) is 17.7 Å². The first-order valence-electron chi connectivity index (χ1n) is 5.06. The molecular weight excluding hydrogens is 281 g/mol. The monoisotopic (exact) mass is 286 g/mol. The summed E-state index contributed by atoms with van der Waals surface area (Å²) in [6, 6.07) is 5.17. The third kappa shape index (κ3) is 3.03. The fraction of sp³-hybridized carbons (Fsp3) is 0. The number of pyridine rings is 1. The molecule has 0 unspecified atom stereocenters. The first-order chi connectivity index (χ1) is 8.97. The van der Waals surface area contributed by atoms with Crippen molar-refractivity contribution in [3.8, 4) is 0 Å². The minimum absolute atomic E-state index is 0.0726. The number of rotatable bonds is 2. The van der Waals surface area contributed by atoms with E-state index >= 15 is 0 Å². The van der Waals surface area contributed by atoms with Gasteiger partial charge in [0.25, 0.3) is 5.91 Å². The molecule has 0 saturated heterocycles. The lowest BCUT2D eigenvalue weighted by Crippen LogP contribution is -2.15. The number of nitrogens with one attached hydrogen (secondary N) is 1. The van der Waals surface area contributed by atoms with Gasteiger partial charge < -0.3 is 5.32 Å². The van der Waals surface area contributed by atoms with Gasteiger partial charge in [-0.05, 0) is 12.1 Å². The molecule has 19 heavy (non-hydrogen) atoms. The zero-order valence-electron chi connectivity index (χ0n) is 9.25. The van der Waals surface area contributed by atoms with Crippen LogP contribution in [0.5, 0.6) is 0 Å². The van der Waals surface area contributed by atoms with Crippen molar-refractivity contribution in [1.29, 1.82) is 0 Å². The summed E-state index contributed by atoms with van der Waals surface area (Å²) in [5.41, 5.74) is -0.553. The Hall–Kier alpha value is -2.08. The van der Waals surface area contributed by atoms with E-state index in [0.717, 1.165) is 0 Å². The number of benzene rings is 1. The third-order valence-corrected chi connectivity index (χ3v) is 2.42. The zero-order valence-corrected chi connectivity index (χ0v) is 10.0. The van der Waals surface area contributed by atoms with Gasteiger partial charge in [0.2, 0.25) is 0 Å². The van der Waals surface area contributed by atoms with Crippen molar-refractivity contribution in [3.63, 3.8) is 0 Å². The highest BCUT2D eigenvalue weighted by Gasteiger charge is 2.14. The molecule has 2 aromatic rings. The maximum Gasteiger partial charge on any atom is 0.274 e. The molecule has 0 aliphatic heterocycles. The van der Waals surface area contributed by atoms with Crippen molar-refractivity contribution in [2.75, 3.05) is 5.32 Å². The van der Waals surface area contributed by atoms with Crippen LogP contribution in [0.1, 0.15) is 10.5 Å². The van der Waals surface area contributed by atoms with E-state index in [1.54, 1.807) is 0 Å². The summed E-state index contributed by atoms with van der Waals surface area (Å²) >= 11 is 5.59. The quantitative estimate of drug-likeness (QED) is 0.679. The maximum absolute atomic E-state index is 13.3. The number of amides is 1. The lowest BCUT2D eigenvalue weighted by Gasteiger charge is -2.06. The van der Waals surface area contributed by atoms with E-state index in [9.17, 15) is 18.0 Å². The minimum atomic E-state index is -1.34. The van der Waals surface area contributed by atoms with Crippen LogP contribution in [-0.2, 0) is 0 Å². The Balaban J connectivity index is 2.27. The largest absolute Gasteiger partial charge is 0.318 e. The minimum Gasteiger partial charge on any atom is -0.318 e. The predicted molar refractivity (Wildman–Crippen MR) is 63.5 cm³/mol. The summed E-state index contributed by atoms with van der Waals surface area (Å²) in [5.74, 6) is -4.48. The van der Waals surface area contributed by atoms with Crippen LogP contribution >= 0.6 is 11.6 Å². The highest BCUT2D eigenvalue weighted by Crippen LogP contribution is 2.19. The van der Waals surface area contributed by atoms with E-state index in [4.69, 9.17) is 11.6 Å². The molecule has 2 rings (SSSR count). The summed E-state index contributed by atoms with van der Waals surface area (Å²) in [5, 5.41) is 2.16. The van der Waals surface area contributed by atoms with Gasteiger partial charge >= 0.3 is 0 Å². The topological polar surface area (TPSA) is 42.0 Å². The summed E-state index contributed by atoms with van der Waals surface area (Å²) in [6.45, 7) is 0.